The van der Waals surface area contributed by atoms with Crippen molar-refractivity contribution in [2.45, 2.75) is 12.8 Å². The maximum Gasteiger partial charge on any atom is 0.0919 e. The predicted octanol–water partition coefficient (Wildman–Crippen LogP) is 0.416. The SMILES string of the molecule is CN/C(N)=C/C1CC1. The monoisotopic (exact) mass is 112 g/mol. The summed E-state index contributed by atoms with van der Waals surface area (Å²) in [5.74, 6) is 1.59. The van der Waals surface area contributed by atoms with Crippen molar-refractivity contribution in [3.63, 3.8) is 0 Å². The summed E-state index contributed by atoms with van der Waals surface area (Å²) in [6.07, 6.45) is 4.73. The van der Waals surface area contributed by atoms with Gasteiger partial charge >= 0.3 is 0 Å². The Hall–Kier alpha value is -0.660. The fraction of sp³-hybridized carbons (Fsp3) is 0.667. The number of allylic oxidation sites excluding steroid dienone is 1. The van der Waals surface area contributed by atoms with Crippen molar-refractivity contribution in [3.05, 3.63) is 11.9 Å². The van der Waals surface area contributed by atoms with E-state index in [4.69, 9.17) is 5.73 Å². The van der Waals surface area contributed by atoms with E-state index in [1.165, 1.54) is 12.8 Å². The maximum absolute atomic E-state index is 5.46. The maximum atomic E-state index is 5.46. The topological polar surface area (TPSA) is 38.0 Å². The molecule has 1 saturated carbocycles. The Bertz CT molecular complexity index is 103. The van der Waals surface area contributed by atoms with Gasteiger partial charge in [0.25, 0.3) is 0 Å². The van der Waals surface area contributed by atoms with E-state index in [2.05, 4.69) is 11.4 Å². The van der Waals surface area contributed by atoms with Crippen LogP contribution in [0.15, 0.2) is 11.9 Å². The molecule has 1 aliphatic carbocycles. The minimum atomic E-state index is 0.780. The normalized spacial score (nSPS) is 20.9. The molecule has 8 heavy (non-hydrogen) atoms. The molecule has 0 radical (unpaired) electrons. The number of hydrogen-bond donors (Lipinski definition) is 2. The minimum Gasteiger partial charge on any atom is -0.386 e. The van der Waals surface area contributed by atoms with Crippen molar-refractivity contribution in [1.82, 2.24) is 5.32 Å². The second-order valence-electron chi connectivity index (χ2n) is 2.21. The van der Waals surface area contributed by atoms with Crippen LogP contribution >= 0.6 is 0 Å². The molecule has 0 aromatic carbocycles. The number of nitrogens with one attached hydrogen (secondary N) is 1. The lowest BCUT2D eigenvalue weighted by molar-refractivity contribution is 0.927. The highest BCUT2D eigenvalue weighted by Crippen LogP contribution is 2.30. The minimum absolute atomic E-state index is 0.780. The first kappa shape index (κ1) is 5.48. The second kappa shape index (κ2) is 2.07. The van der Waals surface area contributed by atoms with Gasteiger partial charge in [-0.25, -0.2) is 0 Å². The van der Waals surface area contributed by atoms with Crippen LogP contribution in [0.3, 0.4) is 0 Å². The summed E-state index contributed by atoms with van der Waals surface area (Å²) in [7, 11) is 1.84. The van der Waals surface area contributed by atoms with Crippen LogP contribution in [0, 0.1) is 5.92 Å². The van der Waals surface area contributed by atoms with E-state index in [0.717, 1.165) is 11.7 Å². The molecule has 1 aliphatic rings. The standard InChI is InChI=1S/C6H12N2/c1-8-6(7)4-5-2-3-5/h4-5,8H,2-3,7H2,1H3/b6-4+. The highest BCUT2D eigenvalue weighted by atomic mass is 14.9. The summed E-state index contributed by atoms with van der Waals surface area (Å²) in [4.78, 5) is 0. The van der Waals surface area contributed by atoms with E-state index in [1.807, 2.05) is 7.05 Å². The van der Waals surface area contributed by atoms with Gasteiger partial charge in [-0.05, 0) is 24.8 Å². The van der Waals surface area contributed by atoms with Crippen LogP contribution in [0.2, 0.25) is 0 Å². The summed E-state index contributed by atoms with van der Waals surface area (Å²) < 4.78 is 0. The summed E-state index contributed by atoms with van der Waals surface area (Å²) in [5.41, 5.74) is 5.46. The van der Waals surface area contributed by atoms with Crippen LogP contribution in [0.25, 0.3) is 0 Å². The first-order valence-corrected chi connectivity index (χ1v) is 2.98. The number of nitrogens with two attached hydrogens (primary N) is 1. The van der Waals surface area contributed by atoms with Crippen molar-refractivity contribution < 1.29 is 0 Å². The molecule has 1 fully saturated rings. The van der Waals surface area contributed by atoms with E-state index in [0.29, 0.717) is 0 Å². The molecule has 0 saturated heterocycles. The van der Waals surface area contributed by atoms with Gasteiger partial charge in [-0.15, -0.1) is 0 Å². The van der Waals surface area contributed by atoms with Crippen molar-refractivity contribution in [2.75, 3.05) is 7.05 Å². The van der Waals surface area contributed by atoms with Crippen molar-refractivity contribution >= 4 is 0 Å². The van der Waals surface area contributed by atoms with Gasteiger partial charge < -0.3 is 11.1 Å². The van der Waals surface area contributed by atoms with E-state index in [9.17, 15) is 0 Å². The first-order valence-electron chi connectivity index (χ1n) is 2.98. The van der Waals surface area contributed by atoms with Crippen LogP contribution in [-0.4, -0.2) is 7.05 Å². The molecule has 0 heterocycles. The van der Waals surface area contributed by atoms with Crippen molar-refractivity contribution in [2.24, 2.45) is 11.7 Å². The predicted molar refractivity (Wildman–Crippen MR) is 34.1 cm³/mol. The van der Waals surface area contributed by atoms with Gasteiger partial charge in [-0.2, -0.15) is 0 Å². The van der Waals surface area contributed by atoms with Crippen LogP contribution in [0.5, 0.6) is 0 Å². The lowest BCUT2D eigenvalue weighted by Gasteiger charge is -1.95. The molecular weight excluding hydrogens is 100 g/mol. The molecule has 0 aromatic heterocycles. The Labute approximate surface area is 49.8 Å². The van der Waals surface area contributed by atoms with Crippen LogP contribution in [0.4, 0.5) is 0 Å². The van der Waals surface area contributed by atoms with Gasteiger partial charge in [0.1, 0.15) is 0 Å². The van der Waals surface area contributed by atoms with E-state index < -0.39 is 0 Å². The summed E-state index contributed by atoms with van der Waals surface area (Å²) in [5, 5.41) is 2.88. The number of rotatable bonds is 2. The summed E-state index contributed by atoms with van der Waals surface area (Å²) >= 11 is 0. The van der Waals surface area contributed by atoms with Gasteiger partial charge in [0.2, 0.25) is 0 Å². The average Bonchev–Trinajstić information content (AvgIpc) is 2.50. The molecule has 0 unspecified atom stereocenters. The Morgan fingerprint density at radius 3 is 2.75 bits per heavy atom. The Morgan fingerprint density at radius 1 is 1.75 bits per heavy atom. The largest absolute Gasteiger partial charge is 0.386 e. The Kier molecular flexibility index (Phi) is 1.42. The number of hydrogen-bond acceptors (Lipinski definition) is 2. The molecule has 3 N–H and O–H groups in total. The molecule has 2 heteroatoms. The third kappa shape index (κ3) is 1.45. The molecular formula is C6H12N2. The molecule has 0 aliphatic heterocycles. The van der Waals surface area contributed by atoms with E-state index >= 15 is 0 Å². The van der Waals surface area contributed by atoms with Crippen molar-refractivity contribution in [1.29, 1.82) is 0 Å². The summed E-state index contributed by atoms with van der Waals surface area (Å²) in [6.45, 7) is 0. The van der Waals surface area contributed by atoms with Crippen molar-refractivity contribution in [3.8, 4) is 0 Å². The Morgan fingerprint density at radius 2 is 2.38 bits per heavy atom. The Balaban J connectivity index is 2.27. The second-order valence-corrected chi connectivity index (χ2v) is 2.21. The fourth-order valence-corrected chi connectivity index (χ4v) is 0.600. The van der Waals surface area contributed by atoms with Gasteiger partial charge in [-0.1, -0.05) is 0 Å². The van der Waals surface area contributed by atoms with Gasteiger partial charge in [0, 0.05) is 7.05 Å². The zero-order chi connectivity index (χ0) is 5.98. The zero-order valence-corrected chi connectivity index (χ0v) is 5.15. The molecule has 0 aromatic rings. The van der Waals surface area contributed by atoms with E-state index in [-0.39, 0.29) is 0 Å². The van der Waals surface area contributed by atoms with Crippen LogP contribution < -0.4 is 11.1 Å². The summed E-state index contributed by atoms with van der Waals surface area (Å²) in [6, 6.07) is 0. The smallest absolute Gasteiger partial charge is 0.0919 e. The van der Waals surface area contributed by atoms with E-state index in [1.54, 1.807) is 0 Å². The lowest BCUT2D eigenvalue weighted by atomic mass is 10.4. The quantitative estimate of drug-likeness (QED) is 0.543. The van der Waals surface area contributed by atoms with Gasteiger partial charge in [0.05, 0.1) is 5.82 Å². The molecule has 1 rings (SSSR count). The molecule has 0 atom stereocenters. The van der Waals surface area contributed by atoms with Gasteiger partial charge in [-0.3, -0.25) is 0 Å². The zero-order valence-electron chi connectivity index (χ0n) is 5.15. The van der Waals surface area contributed by atoms with Crippen LogP contribution in [0.1, 0.15) is 12.8 Å². The fourth-order valence-electron chi connectivity index (χ4n) is 0.600. The average molecular weight is 112 g/mol. The molecule has 0 amide bonds. The third-order valence-electron chi connectivity index (χ3n) is 1.33. The highest BCUT2D eigenvalue weighted by molar-refractivity contribution is 5.01. The highest BCUT2D eigenvalue weighted by Gasteiger charge is 2.18. The van der Waals surface area contributed by atoms with Gasteiger partial charge in [0.15, 0.2) is 0 Å². The third-order valence-corrected chi connectivity index (χ3v) is 1.33. The molecule has 2 nitrogen and oxygen atoms in total. The lowest BCUT2D eigenvalue weighted by Crippen LogP contribution is -2.14. The molecule has 0 bridgehead atoms. The first-order chi connectivity index (χ1) is 3.83. The molecule has 0 spiro atoms. The van der Waals surface area contributed by atoms with Crippen LogP contribution in [-0.2, 0) is 0 Å². The molecule has 46 valence electrons.